The maximum atomic E-state index is 9.03. The number of ether oxygens (including phenoxy) is 1. The van der Waals surface area contributed by atoms with Gasteiger partial charge in [-0.25, -0.2) is 0 Å². The van der Waals surface area contributed by atoms with Gasteiger partial charge in [-0.1, -0.05) is 12.1 Å². The Morgan fingerprint density at radius 1 is 1.12 bits per heavy atom. The summed E-state index contributed by atoms with van der Waals surface area (Å²) in [6.07, 6.45) is 0. The van der Waals surface area contributed by atoms with Crippen molar-refractivity contribution in [2.45, 2.75) is 13.5 Å². The Morgan fingerprint density at radius 3 is 2.41 bits per heavy atom. The molecule has 0 unspecified atom stereocenters. The second kappa shape index (κ2) is 5.51. The lowest BCUT2D eigenvalue weighted by Crippen LogP contribution is -1.90. The highest BCUT2D eigenvalue weighted by Gasteiger charge is 2.02. The Kier molecular flexibility index (Phi) is 4.02. The SMILES string of the molecule is Cc1cc(CO)ccc1Oc1ccc(I)cc1. The van der Waals surface area contributed by atoms with E-state index in [-0.39, 0.29) is 6.61 Å². The number of aryl methyl sites for hydroxylation is 1. The summed E-state index contributed by atoms with van der Waals surface area (Å²) in [4.78, 5) is 0. The van der Waals surface area contributed by atoms with Gasteiger partial charge in [0.15, 0.2) is 0 Å². The molecule has 2 aromatic rings. The van der Waals surface area contributed by atoms with Crippen LogP contribution < -0.4 is 4.74 Å². The van der Waals surface area contributed by atoms with E-state index in [9.17, 15) is 0 Å². The van der Waals surface area contributed by atoms with E-state index < -0.39 is 0 Å². The van der Waals surface area contributed by atoms with Gasteiger partial charge in [0.05, 0.1) is 6.61 Å². The number of aliphatic hydroxyl groups excluding tert-OH is 1. The average Bonchev–Trinajstić information content (AvgIpc) is 2.34. The summed E-state index contributed by atoms with van der Waals surface area (Å²) in [6, 6.07) is 13.6. The lowest BCUT2D eigenvalue weighted by atomic mass is 10.1. The molecule has 0 fully saturated rings. The van der Waals surface area contributed by atoms with Crippen molar-refractivity contribution < 1.29 is 9.84 Å². The highest BCUT2D eigenvalue weighted by molar-refractivity contribution is 14.1. The Hall–Kier alpha value is -1.07. The standard InChI is InChI=1S/C14H13IO2/c1-10-8-11(9-16)2-7-14(10)17-13-5-3-12(15)4-6-13/h2-8,16H,9H2,1H3. The molecule has 0 saturated carbocycles. The Balaban J connectivity index is 2.21. The lowest BCUT2D eigenvalue weighted by molar-refractivity contribution is 0.281. The maximum Gasteiger partial charge on any atom is 0.130 e. The minimum atomic E-state index is 0.0602. The van der Waals surface area contributed by atoms with Crippen LogP contribution in [0.3, 0.4) is 0 Å². The van der Waals surface area contributed by atoms with Crippen LogP contribution in [0.1, 0.15) is 11.1 Å². The van der Waals surface area contributed by atoms with Gasteiger partial charge in [-0.15, -0.1) is 0 Å². The monoisotopic (exact) mass is 340 g/mol. The van der Waals surface area contributed by atoms with E-state index in [1.54, 1.807) is 0 Å². The van der Waals surface area contributed by atoms with Crippen LogP contribution in [0, 0.1) is 10.5 Å². The molecule has 2 nitrogen and oxygen atoms in total. The molecular weight excluding hydrogens is 327 g/mol. The normalized spacial score (nSPS) is 10.3. The molecule has 0 bridgehead atoms. The van der Waals surface area contributed by atoms with Gasteiger partial charge in [0, 0.05) is 3.57 Å². The number of aliphatic hydroxyl groups is 1. The van der Waals surface area contributed by atoms with Crippen LogP contribution in [0.2, 0.25) is 0 Å². The van der Waals surface area contributed by atoms with Crippen molar-refractivity contribution in [3.8, 4) is 11.5 Å². The van der Waals surface area contributed by atoms with E-state index in [2.05, 4.69) is 22.6 Å². The molecule has 17 heavy (non-hydrogen) atoms. The predicted molar refractivity (Wildman–Crippen MR) is 76.3 cm³/mol. The molecule has 0 heterocycles. The van der Waals surface area contributed by atoms with Gasteiger partial charge in [0.1, 0.15) is 11.5 Å². The third-order valence-corrected chi connectivity index (χ3v) is 3.18. The minimum Gasteiger partial charge on any atom is -0.457 e. The topological polar surface area (TPSA) is 29.5 Å². The summed E-state index contributed by atoms with van der Waals surface area (Å²) < 4.78 is 6.96. The number of hydrogen-bond donors (Lipinski definition) is 1. The highest BCUT2D eigenvalue weighted by atomic mass is 127. The molecular formula is C14H13IO2. The van der Waals surface area contributed by atoms with E-state index in [1.807, 2.05) is 49.4 Å². The van der Waals surface area contributed by atoms with Crippen LogP contribution in [0.4, 0.5) is 0 Å². The second-order valence-corrected chi connectivity index (χ2v) is 5.06. The molecule has 0 saturated heterocycles. The van der Waals surface area contributed by atoms with Crippen LogP contribution in [0.5, 0.6) is 11.5 Å². The summed E-state index contributed by atoms with van der Waals surface area (Å²) in [7, 11) is 0. The molecule has 0 aliphatic heterocycles. The van der Waals surface area contributed by atoms with E-state index in [1.165, 1.54) is 3.57 Å². The largest absolute Gasteiger partial charge is 0.457 e. The van der Waals surface area contributed by atoms with Crippen molar-refractivity contribution in [2.24, 2.45) is 0 Å². The van der Waals surface area contributed by atoms with E-state index in [0.29, 0.717) is 0 Å². The van der Waals surface area contributed by atoms with Crippen molar-refractivity contribution in [2.75, 3.05) is 0 Å². The molecule has 0 aliphatic rings. The molecule has 2 rings (SSSR count). The van der Waals surface area contributed by atoms with Gasteiger partial charge in [-0.3, -0.25) is 0 Å². The van der Waals surface area contributed by atoms with Gasteiger partial charge < -0.3 is 9.84 Å². The third-order valence-electron chi connectivity index (χ3n) is 2.46. The van der Waals surface area contributed by atoms with Crippen molar-refractivity contribution in [3.05, 3.63) is 57.2 Å². The van der Waals surface area contributed by atoms with Gasteiger partial charge in [-0.05, 0) is 71.0 Å². The van der Waals surface area contributed by atoms with Gasteiger partial charge >= 0.3 is 0 Å². The minimum absolute atomic E-state index is 0.0602. The number of hydrogen-bond acceptors (Lipinski definition) is 2. The molecule has 0 atom stereocenters. The quantitative estimate of drug-likeness (QED) is 0.860. The van der Waals surface area contributed by atoms with Crippen molar-refractivity contribution >= 4 is 22.6 Å². The van der Waals surface area contributed by atoms with Crippen molar-refractivity contribution in [1.82, 2.24) is 0 Å². The van der Waals surface area contributed by atoms with Crippen LogP contribution in [0.25, 0.3) is 0 Å². The molecule has 0 radical (unpaired) electrons. The van der Waals surface area contributed by atoms with Crippen LogP contribution in [-0.2, 0) is 6.61 Å². The highest BCUT2D eigenvalue weighted by Crippen LogP contribution is 2.26. The van der Waals surface area contributed by atoms with Crippen LogP contribution in [0.15, 0.2) is 42.5 Å². The second-order valence-electron chi connectivity index (χ2n) is 3.81. The van der Waals surface area contributed by atoms with Gasteiger partial charge in [0.2, 0.25) is 0 Å². The summed E-state index contributed by atoms with van der Waals surface area (Å²) in [5, 5.41) is 9.03. The van der Waals surface area contributed by atoms with E-state index >= 15 is 0 Å². The number of halogens is 1. The Bertz CT molecular complexity index is 506. The van der Waals surface area contributed by atoms with Crippen LogP contribution in [-0.4, -0.2) is 5.11 Å². The first-order chi connectivity index (χ1) is 8.19. The Labute approximate surface area is 114 Å². The predicted octanol–water partition coefficient (Wildman–Crippen LogP) is 3.88. The Morgan fingerprint density at radius 2 is 1.82 bits per heavy atom. The molecule has 2 aromatic carbocycles. The molecule has 0 spiro atoms. The smallest absolute Gasteiger partial charge is 0.130 e. The van der Waals surface area contributed by atoms with Gasteiger partial charge in [-0.2, -0.15) is 0 Å². The molecule has 0 amide bonds. The van der Waals surface area contributed by atoms with Crippen molar-refractivity contribution in [1.29, 1.82) is 0 Å². The fourth-order valence-electron chi connectivity index (χ4n) is 1.55. The van der Waals surface area contributed by atoms with Crippen LogP contribution >= 0.6 is 22.6 Å². The first kappa shape index (κ1) is 12.4. The zero-order valence-electron chi connectivity index (χ0n) is 9.48. The first-order valence-corrected chi connectivity index (χ1v) is 6.41. The fourth-order valence-corrected chi connectivity index (χ4v) is 1.91. The summed E-state index contributed by atoms with van der Waals surface area (Å²) in [6.45, 7) is 2.03. The van der Waals surface area contributed by atoms with E-state index in [4.69, 9.17) is 9.84 Å². The summed E-state index contributed by atoms with van der Waals surface area (Å²) >= 11 is 2.26. The molecule has 0 aliphatic carbocycles. The molecule has 88 valence electrons. The fraction of sp³-hybridized carbons (Fsp3) is 0.143. The number of rotatable bonds is 3. The van der Waals surface area contributed by atoms with E-state index in [0.717, 1.165) is 22.6 Å². The summed E-state index contributed by atoms with van der Waals surface area (Å²) in [5.41, 5.74) is 1.92. The van der Waals surface area contributed by atoms with Crippen molar-refractivity contribution in [3.63, 3.8) is 0 Å². The average molecular weight is 340 g/mol. The number of benzene rings is 2. The summed E-state index contributed by atoms with van der Waals surface area (Å²) in [5.74, 6) is 1.65. The third kappa shape index (κ3) is 3.20. The van der Waals surface area contributed by atoms with Gasteiger partial charge in [0.25, 0.3) is 0 Å². The first-order valence-electron chi connectivity index (χ1n) is 5.33. The zero-order valence-corrected chi connectivity index (χ0v) is 11.6. The molecule has 3 heteroatoms. The molecule has 1 N–H and O–H groups in total. The maximum absolute atomic E-state index is 9.03. The molecule has 0 aromatic heterocycles. The zero-order chi connectivity index (χ0) is 12.3. The lowest BCUT2D eigenvalue weighted by Gasteiger charge is -2.09.